The summed E-state index contributed by atoms with van der Waals surface area (Å²) in [5, 5.41) is 0.701. The average molecular weight is 526 g/mol. The number of hydrogen-bond donors (Lipinski definition) is 1. The zero-order valence-electron chi connectivity index (χ0n) is 20.3. The number of para-hydroxylation sites is 1. The molecule has 1 amide bonds. The number of ketones is 1. The maximum absolute atomic E-state index is 14.2. The van der Waals surface area contributed by atoms with Gasteiger partial charge in [0.05, 0.1) is 17.8 Å². The molecule has 1 spiro atoms. The highest BCUT2D eigenvalue weighted by Gasteiger charge is 2.64. The Labute approximate surface area is 219 Å². The molecule has 2 aliphatic heterocycles. The molecule has 36 heavy (non-hydrogen) atoms. The van der Waals surface area contributed by atoms with Crippen molar-refractivity contribution >= 4 is 52.2 Å². The number of methoxy groups -OCH3 is 1. The molecule has 0 bridgehead atoms. The largest absolute Gasteiger partial charge is 0.466 e. The number of nitrogens with two attached hydrogens (primary N) is 1. The number of esters is 1. The number of carbonyl (C=O) groups is 3. The lowest BCUT2D eigenvalue weighted by Gasteiger charge is -2.47. The minimum Gasteiger partial charge on any atom is -0.466 e. The van der Waals surface area contributed by atoms with E-state index >= 15 is 0 Å². The van der Waals surface area contributed by atoms with E-state index in [4.69, 9.17) is 33.7 Å². The van der Waals surface area contributed by atoms with Crippen LogP contribution in [0.15, 0.2) is 65.1 Å². The number of Topliss-reactive ketones (excluding diaryl/α,β-unsaturated/α-hetero) is 1. The fourth-order valence-corrected chi connectivity index (χ4v) is 6.31. The van der Waals surface area contributed by atoms with Gasteiger partial charge in [0.25, 0.3) is 0 Å². The first kappa shape index (κ1) is 24.4. The van der Waals surface area contributed by atoms with Crippen LogP contribution in [0.4, 0.5) is 11.4 Å². The van der Waals surface area contributed by atoms with Gasteiger partial charge in [-0.1, -0.05) is 55.2 Å². The lowest BCUT2D eigenvalue weighted by molar-refractivity contribution is -0.138. The van der Waals surface area contributed by atoms with Crippen LogP contribution in [-0.4, -0.2) is 31.8 Å². The number of hydrogen-bond acceptors (Lipinski definition) is 6. The Bertz CT molecular complexity index is 1430. The molecule has 9 heteroatoms. The molecule has 0 saturated heterocycles. The Kier molecular flexibility index (Phi) is 5.50. The quantitative estimate of drug-likeness (QED) is 0.570. The third-order valence-corrected chi connectivity index (χ3v) is 7.74. The maximum Gasteiger partial charge on any atom is 0.339 e. The van der Waals surface area contributed by atoms with Crippen molar-refractivity contribution < 1.29 is 19.1 Å². The number of halogens is 2. The molecule has 5 rings (SSSR count). The zero-order valence-corrected chi connectivity index (χ0v) is 21.8. The van der Waals surface area contributed by atoms with E-state index in [0.29, 0.717) is 34.1 Å². The summed E-state index contributed by atoms with van der Waals surface area (Å²) >= 11 is 12.8. The Hall–Kier alpha value is -3.29. The Morgan fingerprint density at radius 2 is 1.75 bits per heavy atom. The molecule has 1 atom stereocenters. The van der Waals surface area contributed by atoms with Crippen LogP contribution in [0.5, 0.6) is 0 Å². The van der Waals surface area contributed by atoms with Gasteiger partial charge in [-0.25, -0.2) is 4.79 Å². The highest BCUT2D eigenvalue weighted by Crippen LogP contribution is 2.58. The van der Waals surface area contributed by atoms with E-state index in [9.17, 15) is 14.4 Å². The lowest BCUT2D eigenvalue weighted by Crippen LogP contribution is -2.55. The fraction of sp³-hybridized carbons (Fsp3) is 0.296. The maximum atomic E-state index is 14.2. The fourth-order valence-electron chi connectivity index (χ4n) is 5.82. The van der Waals surface area contributed by atoms with Crippen LogP contribution in [0.3, 0.4) is 0 Å². The molecule has 0 aromatic heterocycles. The Balaban J connectivity index is 1.96. The summed E-state index contributed by atoms with van der Waals surface area (Å²) in [7, 11) is 2.85. The predicted molar refractivity (Wildman–Crippen MR) is 139 cm³/mol. The highest BCUT2D eigenvalue weighted by molar-refractivity contribution is 6.36. The smallest absolute Gasteiger partial charge is 0.339 e. The van der Waals surface area contributed by atoms with Gasteiger partial charge in [0.2, 0.25) is 5.91 Å². The van der Waals surface area contributed by atoms with Crippen molar-refractivity contribution in [3.05, 3.63) is 80.7 Å². The highest BCUT2D eigenvalue weighted by atomic mass is 35.5. The number of fused-ring (bicyclic) bond motifs is 3. The Morgan fingerprint density at radius 1 is 1.06 bits per heavy atom. The minimum atomic E-state index is -1.74. The zero-order chi connectivity index (χ0) is 26.2. The van der Waals surface area contributed by atoms with Gasteiger partial charge in [-0.15, -0.1) is 0 Å². The number of carbonyl (C=O) groups excluding carboxylic acids is 3. The summed E-state index contributed by atoms with van der Waals surface area (Å²) in [5.74, 6) is -1.49. The summed E-state index contributed by atoms with van der Waals surface area (Å²) in [6.45, 7) is 3.96. The molecule has 0 radical (unpaired) electrons. The van der Waals surface area contributed by atoms with Gasteiger partial charge in [-0.2, -0.15) is 0 Å². The number of ether oxygens (including phenoxy) is 1. The van der Waals surface area contributed by atoms with Gasteiger partial charge in [0.1, 0.15) is 16.8 Å². The molecule has 1 unspecified atom stereocenters. The van der Waals surface area contributed by atoms with Gasteiger partial charge in [-0.05, 0) is 36.1 Å². The number of anilines is 2. The van der Waals surface area contributed by atoms with Gasteiger partial charge in [0, 0.05) is 41.0 Å². The molecule has 2 heterocycles. The molecule has 0 saturated carbocycles. The van der Waals surface area contributed by atoms with Crippen molar-refractivity contribution in [2.75, 3.05) is 24.0 Å². The monoisotopic (exact) mass is 525 g/mol. The number of amides is 1. The SMILES string of the molecule is COC(=O)C1=C(N)N(c2ccc(Cl)cc2Cl)C2=C(C(=O)CC(C)(C)C2)C12C(=O)N(C)c1ccccc12. The first-order valence-electron chi connectivity index (χ1n) is 11.4. The van der Waals surface area contributed by atoms with Crippen molar-refractivity contribution in [2.24, 2.45) is 11.1 Å². The first-order chi connectivity index (χ1) is 17.0. The number of rotatable bonds is 2. The second-order valence-electron chi connectivity index (χ2n) is 10.1. The van der Waals surface area contributed by atoms with E-state index < -0.39 is 22.7 Å². The van der Waals surface area contributed by atoms with E-state index in [1.54, 1.807) is 54.4 Å². The van der Waals surface area contributed by atoms with Crippen LogP contribution in [-0.2, 0) is 24.5 Å². The van der Waals surface area contributed by atoms with Crippen molar-refractivity contribution in [1.82, 2.24) is 0 Å². The molecule has 7 nitrogen and oxygen atoms in total. The minimum absolute atomic E-state index is 0.0197. The van der Waals surface area contributed by atoms with Gasteiger partial charge >= 0.3 is 5.97 Å². The third-order valence-electron chi connectivity index (χ3n) is 7.20. The number of allylic oxidation sites excluding steroid dienone is 1. The molecule has 186 valence electrons. The second kappa shape index (κ2) is 8.11. The van der Waals surface area contributed by atoms with Crippen molar-refractivity contribution in [3.8, 4) is 0 Å². The molecule has 2 aromatic rings. The van der Waals surface area contributed by atoms with E-state index in [1.807, 2.05) is 13.8 Å². The number of nitrogens with zero attached hydrogens (tertiary/aromatic N) is 2. The van der Waals surface area contributed by atoms with Crippen LogP contribution in [0.1, 0.15) is 32.3 Å². The first-order valence-corrected chi connectivity index (χ1v) is 12.2. The molecule has 2 N–H and O–H groups in total. The standard InChI is InChI=1S/C27H25Cl2N3O4/c1-26(2)12-19-21(20(33)13-26)27(15-7-5-6-8-17(15)31(3)25(27)35)22(24(34)36-4)23(30)32(19)18-10-9-14(28)11-16(18)29/h5-11H,12-13,30H2,1-4H3. The van der Waals surface area contributed by atoms with Crippen LogP contribution >= 0.6 is 23.2 Å². The van der Waals surface area contributed by atoms with Gasteiger partial charge in [0.15, 0.2) is 5.78 Å². The van der Waals surface area contributed by atoms with E-state index in [1.165, 1.54) is 12.0 Å². The van der Waals surface area contributed by atoms with Crippen molar-refractivity contribution in [1.29, 1.82) is 0 Å². The number of benzene rings is 2. The average Bonchev–Trinajstić information content (AvgIpc) is 3.02. The van der Waals surface area contributed by atoms with Crippen LogP contribution in [0, 0.1) is 5.41 Å². The van der Waals surface area contributed by atoms with Gasteiger partial charge in [-0.3, -0.25) is 14.5 Å². The topological polar surface area (TPSA) is 92.9 Å². The third kappa shape index (κ3) is 3.15. The molecule has 0 fully saturated rings. The lowest BCUT2D eigenvalue weighted by atomic mass is 9.60. The van der Waals surface area contributed by atoms with Crippen LogP contribution in [0.25, 0.3) is 0 Å². The second-order valence-corrected chi connectivity index (χ2v) is 10.9. The summed E-state index contributed by atoms with van der Waals surface area (Å²) in [5.41, 5.74) is 6.84. The summed E-state index contributed by atoms with van der Waals surface area (Å²) in [6, 6.07) is 12.0. The van der Waals surface area contributed by atoms with Crippen molar-refractivity contribution in [3.63, 3.8) is 0 Å². The van der Waals surface area contributed by atoms with Gasteiger partial charge < -0.3 is 15.4 Å². The summed E-state index contributed by atoms with van der Waals surface area (Å²) in [6.07, 6.45) is 0.617. The predicted octanol–water partition coefficient (Wildman–Crippen LogP) is 4.71. The molecular weight excluding hydrogens is 501 g/mol. The molecule has 2 aromatic carbocycles. The van der Waals surface area contributed by atoms with Crippen LogP contribution < -0.4 is 15.5 Å². The molecular formula is C27H25Cl2N3O4. The van der Waals surface area contributed by atoms with E-state index in [2.05, 4.69) is 0 Å². The molecule has 3 aliphatic rings. The summed E-state index contributed by atoms with van der Waals surface area (Å²) < 4.78 is 5.17. The number of likely N-dealkylation sites (N-methyl/N-ethyl adjacent to an activating group) is 1. The summed E-state index contributed by atoms with van der Waals surface area (Å²) in [4.78, 5) is 44.8. The van der Waals surface area contributed by atoms with E-state index in [0.717, 1.165) is 0 Å². The van der Waals surface area contributed by atoms with Crippen LogP contribution in [0.2, 0.25) is 10.0 Å². The Morgan fingerprint density at radius 3 is 2.42 bits per heavy atom. The van der Waals surface area contributed by atoms with E-state index in [-0.39, 0.29) is 34.2 Å². The molecule has 1 aliphatic carbocycles. The van der Waals surface area contributed by atoms with Crippen molar-refractivity contribution in [2.45, 2.75) is 32.1 Å². The normalized spacial score (nSPS) is 22.8.